The first-order valence-corrected chi connectivity index (χ1v) is 17.3. The lowest BCUT2D eigenvalue weighted by molar-refractivity contribution is 0.298. The van der Waals surface area contributed by atoms with Crippen LogP contribution in [0, 0.1) is 24.7 Å². The first-order chi connectivity index (χ1) is 22.5. The minimum atomic E-state index is 0.304. The van der Waals surface area contributed by atoms with Crippen molar-refractivity contribution in [3.05, 3.63) is 173 Å². The largest absolute Gasteiger partial charge is 0.338 e. The van der Waals surface area contributed by atoms with Crippen LogP contribution < -0.4 is 4.90 Å². The van der Waals surface area contributed by atoms with E-state index in [1.54, 1.807) is 22.3 Å². The Morgan fingerprint density at radius 2 is 1.78 bits per heavy atom. The van der Waals surface area contributed by atoms with Gasteiger partial charge in [0, 0.05) is 40.7 Å². The van der Waals surface area contributed by atoms with E-state index in [9.17, 15) is 0 Å². The molecule has 0 saturated heterocycles. The van der Waals surface area contributed by atoms with Crippen molar-refractivity contribution in [2.24, 2.45) is 17.8 Å². The Bertz CT molecular complexity index is 1740. The lowest BCUT2D eigenvalue weighted by Gasteiger charge is -2.42. The molecule has 1 aromatic rings. The lowest BCUT2D eigenvalue weighted by atomic mass is 9.74. The maximum Gasteiger partial charge on any atom is 0.0557 e. The van der Waals surface area contributed by atoms with E-state index in [0.717, 1.165) is 32.1 Å². The summed E-state index contributed by atoms with van der Waals surface area (Å²) < 4.78 is 0. The van der Waals surface area contributed by atoms with Crippen LogP contribution >= 0.6 is 0 Å². The van der Waals surface area contributed by atoms with Crippen molar-refractivity contribution in [2.75, 3.05) is 4.90 Å². The number of fused-ring (bicyclic) bond motifs is 2. The summed E-state index contributed by atoms with van der Waals surface area (Å²) in [6.07, 6.45) is 40.4. The average molecular weight is 605 g/mol. The molecule has 0 spiro atoms. The van der Waals surface area contributed by atoms with Crippen LogP contribution in [0.3, 0.4) is 0 Å². The molecule has 0 fully saturated rings. The molecule has 7 rings (SSSR count). The number of hydrogen-bond donors (Lipinski definition) is 0. The standard InChI is InChI=1S/C44H48N2/c1-6-8-12-33(7-2)45(36-13-9-11-32(5)28-36)37-24-25-38-40-26-27-43(41-15-10-14-39(44(40)41)42(38)29-37)46(34-20-16-30(3)17-21-34)35-22-18-31(4)19-23-35/h6-10,12-22,26-28,32,35,37,41,44H,2,11,23-25,29H2,1,3-5H3. The second-order valence-corrected chi connectivity index (χ2v) is 13.8. The lowest BCUT2D eigenvalue weighted by Crippen LogP contribution is -2.39. The third-order valence-corrected chi connectivity index (χ3v) is 10.7. The number of benzene rings is 1. The summed E-state index contributed by atoms with van der Waals surface area (Å²) in [6.45, 7) is 13.0. The molecule has 0 amide bonds. The Labute approximate surface area is 277 Å². The molecule has 2 nitrogen and oxygen atoms in total. The second-order valence-electron chi connectivity index (χ2n) is 13.8. The van der Waals surface area contributed by atoms with Crippen molar-refractivity contribution in [3.63, 3.8) is 0 Å². The van der Waals surface area contributed by atoms with E-state index in [1.807, 2.05) is 6.08 Å². The zero-order valence-electron chi connectivity index (χ0n) is 28.0. The van der Waals surface area contributed by atoms with Crippen molar-refractivity contribution >= 4 is 5.69 Å². The predicted octanol–water partition coefficient (Wildman–Crippen LogP) is 10.9. The van der Waals surface area contributed by atoms with Gasteiger partial charge in [0.1, 0.15) is 0 Å². The maximum atomic E-state index is 4.26. The Morgan fingerprint density at radius 3 is 2.52 bits per heavy atom. The van der Waals surface area contributed by atoms with Crippen molar-refractivity contribution in [1.29, 1.82) is 0 Å². The molecule has 5 atom stereocenters. The van der Waals surface area contributed by atoms with Crippen LogP contribution in [0.2, 0.25) is 0 Å². The highest BCUT2D eigenvalue weighted by molar-refractivity contribution is 5.67. The van der Waals surface area contributed by atoms with Gasteiger partial charge in [0.15, 0.2) is 0 Å². The summed E-state index contributed by atoms with van der Waals surface area (Å²) in [5.41, 5.74) is 14.1. The van der Waals surface area contributed by atoms with Gasteiger partial charge in [-0.3, -0.25) is 0 Å². The Kier molecular flexibility index (Phi) is 8.47. The van der Waals surface area contributed by atoms with Gasteiger partial charge in [-0.05, 0) is 118 Å². The molecule has 5 unspecified atom stereocenters. The quantitative estimate of drug-likeness (QED) is 0.272. The smallest absolute Gasteiger partial charge is 0.0557 e. The zero-order valence-corrected chi connectivity index (χ0v) is 28.0. The number of rotatable bonds is 8. The summed E-state index contributed by atoms with van der Waals surface area (Å²) in [5, 5.41) is 0. The van der Waals surface area contributed by atoms with Crippen LogP contribution in [0.1, 0.15) is 58.4 Å². The molecule has 6 aliphatic carbocycles. The number of nitrogens with zero attached hydrogens (tertiary/aromatic N) is 2. The molecule has 46 heavy (non-hydrogen) atoms. The second kappa shape index (κ2) is 12.8. The van der Waals surface area contributed by atoms with Gasteiger partial charge >= 0.3 is 0 Å². The topological polar surface area (TPSA) is 6.48 Å². The van der Waals surface area contributed by atoms with Crippen LogP contribution in [-0.2, 0) is 0 Å². The van der Waals surface area contributed by atoms with E-state index in [2.05, 4.69) is 153 Å². The van der Waals surface area contributed by atoms with E-state index in [4.69, 9.17) is 0 Å². The first kappa shape index (κ1) is 30.4. The summed E-state index contributed by atoms with van der Waals surface area (Å²) >= 11 is 0. The number of aryl methyl sites for hydroxylation is 1. The van der Waals surface area contributed by atoms with Gasteiger partial charge in [-0.25, -0.2) is 0 Å². The molecular weight excluding hydrogens is 556 g/mol. The highest BCUT2D eigenvalue weighted by atomic mass is 15.2. The van der Waals surface area contributed by atoms with E-state index < -0.39 is 0 Å². The summed E-state index contributed by atoms with van der Waals surface area (Å²) in [7, 11) is 0. The van der Waals surface area contributed by atoms with Gasteiger partial charge in [0.25, 0.3) is 0 Å². The van der Waals surface area contributed by atoms with Gasteiger partial charge in [0.2, 0.25) is 0 Å². The molecule has 0 aromatic heterocycles. The Hall–Kier alpha value is -4.30. The van der Waals surface area contributed by atoms with Gasteiger partial charge in [0.05, 0.1) is 6.04 Å². The summed E-state index contributed by atoms with van der Waals surface area (Å²) in [5.74, 6) is 1.26. The van der Waals surface area contributed by atoms with E-state index >= 15 is 0 Å². The van der Waals surface area contributed by atoms with Crippen molar-refractivity contribution in [2.45, 2.75) is 71.9 Å². The molecular formula is C44H48N2. The molecule has 6 aliphatic rings. The third kappa shape index (κ3) is 5.53. The SMILES string of the molecule is C=CC(=CC=CC)N(C1=CC(C)CC=C1)C1CCC2=C(C1)C1=CC=CC3C(N(c4ccc(C)cc4)C4C=CC(C)=CC4)=CC=C2C13. The first-order valence-electron chi connectivity index (χ1n) is 17.3. The van der Waals surface area contributed by atoms with Crippen LogP contribution in [0.5, 0.6) is 0 Å². The summed E-state index contributed by atoms with van der Waals surface area (Å²) in [4.78, 5) is 5.21. The average Bonchev–Trinajstić information content (AvgIpc) is 3.40. The molecule has 0 bridgehead atoms. The monoisotopic (exact) mass is 604 g/mol. The molecule has 1 aromatic carbocycles. The van der Waals surface area contributed by atoms with Crippen molar-refractivity contribution in [1.82, 2.24) is 4.90 Å². The molecule has 0 radical (unpaired) electrons. The fraction of sp³-hybridized carbons (Fsp3) is 0.318. The molecule has 2 heteroatoms. The third-order valence-electron chi connectivity index (χ3n) is 10.7. The van der Waals surface area contributed by atoms with Gasteiger partial charge < -0.3 is 9.80 Å². The fourth-order valence-electron chi connectivity index (χ4n) is 8.42. The number of allylic oxidation sites excluding steroid dienone is 17. The van der Waals surface area contributed by atoms with Gasteiger partial charge in [-0.1, -0.05) is 104 Å². The van der Waals surface area contributed by atoms with Crippen LogP contribution in [0.4, 0.5) is 5.69 Å². The maximum absolute atomic E-state index is 4.26. The van der Waals surface area contributed by atoms with E-state index in [-0.39, 0.29) is 0 Å². The highest BCUT2D eigenvalue weighted by Gasteiger charge is 2.45. The molecule has 0 saturated carbocycles. The molecule has 0 heterocycles. The normalized spacial score (nSPS) is 28.2. The molecule has 0 N–H and O–H groups in total. The van der Waals surface area contributed by atoms with Crippen molar-refractivity contribution < 1.29 is 0 Å². The molecule has 234 valence electrons. The Balaban J connectivity index is 1.25. The highest BCUT2D eigenvalue weighted by Crippen LogP contribution is 2.56. The zero-order chi connectivity index (χ0) is 31.8. The fourth-order valence-corrected chi connectivity index (χ4v) is 8.42. The van der Waals surface area contributed by atoms with Crippen molar-refractivity contribution in [3.8, 4) is 0 Å². The minimum Gasteiger partial charge on any atom is -0.338 e. The van der Waals surface area contributed by atoms with E-state index in [0.29, 0.717) is 29.8 Å². The number of anilines is 1. The van der Waals surface area contributed by atoms with Crippen LogP contribution in [0.25, 0.3) is 0 Å². The summed E-state index contributed by atoms with van der Waals surface area (Å²) in [6, 6.07) is 9.82. The van der Waals surface area contributed by atoms with Crippen LogP contribution in [-0.4, -0.2) is 17.0 Å². The minimum absolute atomic E-state index is 0.304. The van der Waals surface area contributed by atoms with Crippen LogP contribution in [0.15, 0.2) is 167 Å². The number of hydrogen-bond acceptors (Lipinski definition) is 2. The van der Waals surface area contributed by atoms with Gasteiger partial charge in [-0.15, -0.1) is 0 Å². The Morgan fingerprint density at radius 1 is 0.957 bits per heavy atom. The predicted molar refractivity (Wildman–Crippen MR) is 196 cm³/mol. The van der Waals surface area contributed by atoms with Gasteiger partial charge in [-0.2, -0.15) is 0 Å². The molecule has 0 aliphatic heterocycles. The van der Waals surface area contributed by atoms with E-state index in [1.165, 1.54) is 33.9 Å².